The van der Waals surface area contributed by atoms with Crippen LogP contribution in [0.25, 0.3) is 132 Å². The third-order valence-electron chi connectivity index (χ3n) is 17.2. The molecule has 0 unspecified atom stereocenters. The van der Waals surface area contributed by atoms with E-state index in [9.17, 15) is 0 Å². The summed E-state index contributed by atoms with van der Waals surface area (Å²) in [6, 6.07) is 90.5. The molecule has 10 aromatic carbocycles. The second kappa shape index (κ2) is 20.2. The summed E-state index contributed by atoms with van der Waals surface area (Å²) in [5.74, 6) is 2.77. The molecule has 0 aliphatic rings. The Morgan fingerprint density at radius 1 is 0.337 bits per heavy atom. The fourth-order valence-corrected chi connectivity index (χ4v) is 13.1. The van der Waals surface area contributed by atoms with E-state index in [0.717, 1.165) is 88.9 Å². The molecule has 6 aromatic heterocycles. The number of benzene rings is 10. The van der Waals surface area contributed by atoms with Crippen LogP contribution in [-0.4, -0.2) is 28.2 Å². The first-order valence-electron chi connectivity index (χ1n) is 29.2. The van der Waals surface area contributed by atoms with Gasteiger partial charge in [0.05, 0.1) is 22.1 Å². The van der Waals surface area contributed by atoms with Gasteiger partial charge in [-0.3, -0.25) is 0 Å². The Morgan fingerprint density at radius 3 is 1.16 bits per heavy atom. The van der Waals surface area contributed by atoms with Crippen molar-refractivity contribution in [3.05, 3.63) is 266 Å². The number of hydrogen-bond acceptors (Lipinski definition) is 3. The number of para-hydroxylation sites is 6. The zero-order valence-corrected chi connectivity index (χ0v) is 50.8. The molecule has 0 bridgehead atoms. The van der Waals surface area contributed by atoms with Crippen molar-refractivity contribution in [1.82, 2.24) is 28.2 Å². The molecule has 0 radical (unpaired) electrons. The Balaban J connectivity index is 0.00000625. The molecule has 0 aliphatic carbocycles. The molecule has 6 heterocycles. The molecule has 8 heteroatoms. The molecule has 0 fully saturated rings. The van der Waals surface area contributed by atoms with E-state index in [-0.39, 0.29) is 31.9 Å². The summed E-state index contributed by atoms with van der Waals surface area (Å²) >= 11 is 0. The first-order chi connectivity index (χ1) is 41.4. The SMILES string of the molecule is CC(C)(C)c1ccnc(-n2c3[c-]c(Oc4[c-]c5c(cc4)c4cc(-c6cccc7c8ccccc8n(-c8ccccc8)c67)ccc4n5-c4cc(C(C)(C)C)ccn4)ccc3c3cc(-c4cccc5c6ccccc6n(-c6ccccc6)c45)ccc32)c1.[Pt+2]. The van der Waals surface area contributed by atoms with Crippen LogP contribution in [0.2, 0.25) is 0 Å². The summed E-state index contributed by atoms with van der Waals surface area (Å²) in [7, 11) is 0. The maximum absolute atomic E-state index is 6.99. The van der Waals surface area contributed by atoms with E-state index in [1.165, 1.54) is 54.7 Å². The van der Waals surface area contributed by atoms with Gasteiger partial charge in [0.2, 0.25) is 0 Å². The summed E-state index contributed by atoms with van der Waals surface area (Å²) in [6.45, 7) is 13.5. The normalized spacial score (nSPS) is 12.2. The molecule has 416 valence electrons. The average molecular weight is 1290 g/mol. The average Bonchev–Trinajstić information content (AvgIpc) is 1.91. The van der Waals surface area contributed by atoms with Crippen LogP contribution < -0.4 is 4.74 Å². The van der Waals surface area contributed by atoms with Crippen molar-refractivity contribution in [1.29, 1.82) is 0 Å². The molecule has 0 saturated carbocycles. The second-order valence-corrected chi connectivity index (χ2v) is 24.5. The molecule has 0 atom stereocenters. The van der Waals surface area contributed by atoms with Crippen LogP contribution in [0, 0.1) is 12.1 Å². The van der Waals surface area contributed by atoms with Crippen LogP contribution in [0.1, 0.15) is 52.7 Å². The van der Waals surface area contributed by atoms with E-state index in [4.69, 9.17) is 14.7 Å². The summed E-state index contributed by atoms with van der Waals surface area (Å²) in [5, 5.41) is 9.15. The quantitative estimate of drug-likeness (QED) is 0.143. The number of hydrogen-bond donors (Lipinski definition) is 0. The fraction of sp³-hybridized carbons (Fsp3) is 0.103. The molecule has 16 aromatic rings. The first kappa shape index (κ1) is 53.0. The van der Waals surface area contributed by atoms with Gasteiger partial charge in [-0.05, 0) is 117 Å². The number of pyridine rings is 2. The first-order valence-corrected chi connectivity index (χ1v) is 29.2. The molecular weight excluding hydrogens is 1230 g/mol. The van der Waals surface area contributed by atoms with Crippen molar-refractivity contribution < 1.29 is 25.8 Å². The van der Waals surface area contributed by atoms with Crippen LogP contribution >= 0.6 is 0 Å². The van der Waals surface area contributed by atoms with Crippen LogP contribution in [0.5, 0.6) is 11.5 Å². The molecule has 7 nitrogen and oxygen atoms in total. The Morgan fingerprint density at radius 2 is 0.733 bits per heavy atom. The number of aromatic nitrogens is 6. The maximum Gasteiger partial charge on any atom is 2.00 e. The number of nitrogens with zero attached hydrogens (tertiary/aromatic N) is 6. The van der Waals surface area contributed by atoms with Gasteiger partial charge in [-0.2, -0.15) is 12.1 Å². The van der Waals surface area contributed by atoms with Gasteiger partial charge in [-0.15, -0.1) is 35.0 Å². The molecule has 0 spiro atoms. The summed E-state index contributed by atoms with van der Waals surface area (Å²) in [5.41, 5.74) is 17.5. The molecule has 0 N–H and O–H groups in total. The smallest absolute Gasteiger partial charge is 0.509 e. The van der Waals surface area contributed by atoms with E-state index in [1.54, 1.807) is 0 Å². The number of ether oxygens (including phenoxy) is 1. The van der Waals surface area contributed by atoms with Gasteiger partial charge >= 0.3 is 21.1 Å². The standard InChI is InChI=1S/C78H58N6O.Pt/c1-77(2,3)51-39-41-79-73(45-51)83-69-37-31-49(57-25-17-27-63-59-23-13-15-29-67(59)81(75(57)63)53-19-9-7-10-20-53)43-65(69)61-35-33-55(47-71(61)83)85-56-34-36-62-66-44-50(32-38-70(66)84(72(62)48-56)74-46-52(40-42-80-74)78(4,5)6)58-26-18-28-64-60-24-14-16-30-68(60)82(76(58)64)54-21-11-8-12-22-54;/h7-46H,1-6H3;/q-2;+2. The Kier molecular flexibility index (Phi) is 12.4. The van der Waals surface area contributed by atoms with E-state index < -0.39 is 0 Å². The van der Waals surface area contributed by atoms with E-state index in [1.807, 2.05) is 24.5 Å². The molecule has 0 amide bonds. The zero-order valence-electron chi connectivity index (χ0n) is 48.5. The van der Waals surface area contributed by atoms with E-state index in [2.05, 4.69) is 290 Å². The van der Waals surface area contributed by atoms with Crippen molar-refractivity contribution in [3.8, 4) is 56.8 Å². The molecule has 0 saturated heterocycles. The van der Waals surface area contributed by atoms with Crippen molar-refractivity contribution in [2.24, 2.45) is 0 Å². The Bertz CT molecular complexity index is 5030. The van der Waals surface area contributed by atoms with Gasteiger partial charge in [-0.25, -0.2) is 9.97 Å². The molecule has 86 heavy (non-hydrogen) atoms. The minimum Gasteiger partial charge on any atom is -0.509 e. The van der Waals surface area contributed by atoms with Crippen molar-refractivity contribution in [3.63, 3.8) is 0 Å². The minimum absolute atomic E-state index is 0. The summed E-state index contributed by atoms with van der Waals surface area (Å²) < 4.78 is 16.3. The minimum atomic E-state index is -0.0999. The molecule has 16 rings (SSSR count). The number of fused-ring (bicyclic) bond motifs is 12. The molecule has 0 aliphatic heterocycles. The van der Waals surface area contributed by atoms with Crippen molar-refractivity contribution >= 4 is 87.2 Å². The van der Waals surface area contributed by atoms with Crippen LogP contribution in [-0.2, 0) is 31.9 Å². The van der Waals surface area contributed by atoms with Gasteiger partial charge < -0.3 is 23.0 Å². The van der Waals surface area contributed by atoms with Gasteiger partial charge in [0.25, 0.3) is 0 Å². The van der Waals surface area contributed by atoms with Gasteiger partial charge in [0.1, 0.15) is 11.6 Å². The van der Waals surface area contributed by atoms with Crippen LogP contribution in [0.3, 0.4) is 0 Å². The topological polar surface area (TPSA) is 54.7 Å². The fourth-order valence-electron chi connectivity index (χ4n) is 13.1. The second-order valence-electron chi connectivity index (χ2n) is 24.5. The zero-order chi connectivity index (χ0) is 57.3. The Labute approximate surface area is 513 Å². The van der Waals surface area contributed by atoms with E-state index >= 15 is 0 Å². The van der Waals surface area contributed by atoms with Crippen LogP contribution in [0.15, 0.2) is 243 Å². The predicted octanol–water partition coefficient (Wildman–Crippen LogP) is 20.2. The Hall–Kier alpha value is -9.81. The summed E-state index contributed by atoms with van der Waals surface area (Å²) in [6.07, 6.45) is 3.85. The molecular formula is C78H58N6OPt. The predicted molar refractivity (Wildman–Crippen MR) is 352 cm³/mol. The van der Waals surface area contributed by atoms with Crippen LogP contribution in [0.4, 0.5) is 0 Å². The van der Waals surface area contributed by atoms with Gasteiger partial charge in [0.15, 0.2) is 0 Å². The maximum atomic E-state index is 6.99. The van der Waals surface area contributed by atoms with E-state index in [0.29, 0.717) is 11.5 Å². The third kappa shape index (κ3) is 8.50. The number of rotatable bonds is 8. The monoisotopic (exact) mass is 1290 g/mol. The van der Waals surface area contributed by atoms with Gasteiger partial charge in [0, 0.05) is 79.0 Å². The van der Waals surface area contributed by atoms with Gasteiger partial charge in [-0.1, -0.05) is 186 Å². The van der Waals surface area contributed by atoms with Crippen molar-refractivity contribution in [2.75, 3.05) is 0 Å². The van der Waals surface area contributed by atoms with Crippen molar-refractivity contribution in [2.45, 2.75) is 52.4 Å². The largest absolute Gasteiger partial charge is 2.00 e. The third-order valence-corrected chi connectivity index (χ3v) is 17.2. The summed E-state index contributed by atoms with van der Waals surface area (Å²) in [4.78, 5) is 10.1.